The van der Waals surface area contributed by atoms with Crippen LogP contribution in [0.15, 0.2) is 12.3 Å². The van der Waals surface area contributed by atoms with E-state index in [0.29, 0.717) is 5.69 Å². The summed E-state index contributed by atoms with van der Waals surface area (Å²) < 4.78 is 0. The van der Waals surface area contributed by atoms with E-state index < -0.39 is 0 Å². The van der Waals surface area contributed by atoms with Crippen molar-refractivity contribution in [2.45, 2.75) is 0 Å². The molecule has 8 heavy (non-hydrogen) atoms. The molecule has 0 N–H and O–H groups in total. The second-order valence-corrected chi connectivity index (χ2v) is 1.15. The largest absolute Gasteiger partial charge is 0.139 e. The molecule has 0 aliphatic rings. The number of hydrogen-bond acceptors (Lipinski definition) is 3. The topological polar surface area (TPSA) is 38.7 Å². The van der Waals surface area contributed by atoms with E-state index in [1.807, 2.05) is 0 Å². The molecule has 0 unspecified atom stereocenters. The number of aromatic nitrogens is 3. The fourth-order valence-electron chi connectivity index (χ4n) is 0.318. The summed E-state index contributed by atoms with van der Waals surface area (Å²) in [5.74, 6) is 2.31. The molecule has 0 aliphatic carbocycles. The zero-order chi connectivity index (χ0) is 5.82. The van der Waals surface area contributed by atoms with Gasteiger partial charge in [0.15, 0.2) is 0 Å². The van der Waals surface area contributed by atoms with Gasteiger partial charge in [0.1, 0.15) is 5.69 Å². The van der Waals surface area contributed by atoms with Crippen LogP contribution in [0.1, 0.15) is 5.69 Å². The van der Waals surface area contributed by atoms with Gasteiger partial charge in [0.25, 0.3) is 0 Å². The van der Waals surface area contributed by atoms with Gasteiger partial charge >= 0.3 is 0 Å². The van der Waals surface area contributed by atoms with Gasteiger partial charge in [0.05, 0.1) is 6.20 Å². The van der Waals surface area contributed by atoms with Crippen LogP contribution in [0.5, 0.6) is 0 Å². The van der Waals surface area contributed by atoms with E-state index in [-0.39, 0.29) is 0 Å². The molecule has 3 heteroatoms. The Balaban J connectivity index is 3.05. The van der Waals surface area contributed by atoms with Gasteiger partial charge in [-0.05, 0) is 17.2 Å². The van der Waals surface area contributed by atoms with E-state index in [2.05, 4.69) is 21.3 Å². The predicted octanol–water partition coefficient (Wildman–Crippen LogP) is -0.147. The number of nitrogens with zero attached hydrogens (tertiary/aromatic N) is 3. The minimum absolute atomic E-state index is 0.514. The molecule has 1 aromatic heterocycles. The maximum atomic E-state index is 4.97. The Labute approximate surface area is 46.8 Å². The van der Waals surface area contributed by atoms with E-state index in [9.17, 15) is 0 Å². The molecule has 0 spiro atoms. The van der Waals surface area contributed by atoms with Gasteiger partial charge < -0.3 is 0 Å². The van der Waals surface area contributed by atoms with Crippen molar-refractivity contribution in [3.05, 3.63) is 18.0 Å². The molecule has 1 rings (SSSR count). The van der Waals surface area contributed by atoms with Crippen LogP contribution in [0.25, 0.3) is 0 Å². The Morgan fingerprint density at radius 1 is 1.62 bits per heavy atom. The van der Waals surface area contributed by atoms with E-state index in [4.69, 9.17) is 6.42 Å². The van der Waals surface area contributed by atoms with Gasteiger partial charge in [-0.2, -0.15) is 0 Å². The van der Waals surface area contributed by atoms with Crippen LogP contribution in [0.3, 0.4) is 0 Å². The molecule has 0 amide bonds. The highest BCUT2D eigenvalue weighted by molar-refractivity contribution is 5.19. The molecule has 1 heterocycles. The molecule has 38 valence electrons. The quantitative estimate of drug-likeness (QED) is 0.431. The highest BCUT2D eigenvalue weighted by atomic mass is 15.3. The third-order valence-corrected chi connectivity index (χ3v) is 0.651. The van der Waals surface area contributed by atoms with E-state index in [1.165, 1.54) is 6.20 Å². The molecule has 1 aromatic rings. The van der Waals surface area contributed by atoms with Crippen LogP contribution in [0, 0.1) is 12.3 Å². The molecular weight excluding hydrogens is 102 g/mol. The van der Waals surface area contributed by atoms with Gasteiger partial charge in [-0.25, -0.2) is 0 Å². The van der Waals surface area contributed by atoms with Crippen LogP contribution in [-0.2, 0) is 0 Å². The van der Waals surface area contributed by atoms with Crippen molar-refractivity contribution in [3.8, 4) is 12.3 Å². The van der Waals surface area contributed by atoms with Crippen LogP contribution >= 0.6 is 0 Å². The summed E-state index contributed by atoms with van der Waals surface area (Å²) in [6.07, 6.45) is 6.47. The van der Waals surface area contributed by atoms with Crippen LogP contribution in [-0.4, -0.2) is 15.4 Å². The molecule has 3 nitrogen and oxygen atoms in total. The highest BCUT2D eigenvalue weighted by Crippen LogP contribution is 1.80. The molecule has 0 aromatic carbocycles. The van der Waals surface area contributed by atoms with Gasteiger partial charge in [0.2, 0.25) is 0 Å². The minimum Gasteiger partial charge on any atom is -0.139 e. The lowest BCUT2D eigenvalue weighted by Crippen LogP contribution is -1.86. The van der Waals surface area contributed by atoms with E-state index in [0.717, 1.165) is 0 Å². The standard InChI is InChI=1S/C5H3N3/c1-2-5-3-4-6-8-7-5/h1,3-4H. The van der Waals surface area contributed by atoms with Gasteiger partial charge in [0, 0.05) is 0 Å². The van der Waals surface area contributed by atoms with E-state index >= 15 is 0 Å². The van der Waals surface area contributed by atoms with Crippen molar-refractivity contribution in [3.63, 3.8) is 0 Å². The first-order chi connectivity index (χ1) is 3.93. The summed E-state index contributed by atoms with van der Waals surface area (Å²) in [6.45, 7) is 0. The van der Waals surface area contributed by atoms with Gasteiger partial charge in [-0.3, -0.25) is 0 Å². The van der Waals surface area contributed by atoms with Crippen LogP contribution in [0.4, 0.5) is 0 Å². The third kappa shape index (κ3) is 0.793. The highest BCUT2D eigenvalue weighted by Gasteiger charge is 1.80. The lowest BCUT2D eigenvalue weighted by atomic mass is 10.4. The lowest BCUT2D eigenvalue weighted by molar-refractivity contribution is 0.856. The van der Waals surface area contributed by atoms with Crippen molar-refractivity contribution < 1.29 is 0 Å². The summed E-state index contributed by atoms with van der Waals surface area (Å²) in [5, 5.41) is 10.2. The van der Waals surface area contributed by atoms with Crippen molar-refractivity contribution in [1.82, 2.24) is 15.4 Å². The smallest absolute Gasteiger partial charge is 0.139 e. The SMILES string of the molecule is C#Cc1ccnnn1. The first kappa shape index (κ1) is 4.72. The van der Waals surface area contributed by atoms with Crippen molar-refractivity contribution in [2.24, 2.45) is 0 Å². The number of terminal acetylenes is 1. The molecule has 0 radical (unpaired) electrons. The number of hydrogen-bond donors (Lipinski definition) is 0. The molecule has 0 saturated carbocycles. The summed E-state index contributed by atoms with van der Waals surface area (Å²) in [4.78, 5) is 0. The summed E-state index contributed by atoms with van der Waals surface area (Å²) >= 11 is 0. The zero-order valence-electron chi connectivity index (χ0n) is 4.07. The maximum absolute atomic E-state index is 4.97. The Morgan fingerprint density at radius 3 is 2.88 bits per heavy atom. The second-order valence-electron chi connectivity index (χ2n) is 1.15. The predicted molar refractivity (Wildman–Crippen MR) is 27.8 cm³/mol. The third-order valence-electron chi connectivity index (χ3n) is 0.651. The average Bonchev–Trinajstić information content (AvgIpc) is 1.90. The summed E-state index contributed by atoms with van der Waals surface area (Å²) in [7, 11) is 0. The zero-order valence-corrected chi connectivity index (χ0v) is 4.07. The molecular formula is C5H3N3. The molecule has 0 bridgehead atoms. The Morgan fingerprint density at radius 2 is 2.50 bits per heavy atom. The lowest BCUT2D eigenvalue weighted by Gasteiger charge is -1.79. The fourth-order valence-corrected chi connectivity index (χ4v) is 0.318. The first-order valence-corrected chi connectivity index (χ1v) is 2.04. The van der Waals surface area contributed by atoms with Gasteiger partial charge in [-0.15, -0.1) is 16.6 Å². The molecule has 0 saturated heterocycles. The summed E-state index contributed by atoms with van der Waals surface area (Å²) in [5.41, 5.74) is 0.514. The fraction of sp³-hybridized carbons (Fsp3) is 0. The average molecular weight is 105 g/mol. The van der Waals surface area contributed by atoms with E-state index in [1.54, 1.807) is 6.07 Å². The molecule has 0 fully saturated rings. The maximum Gasteiger partial charge on any atom is 0.139 e. The van der Waals surface area contributed by atoms with Crippen LogP contribution < -0.4 is 0 Å². The number of rotatable bonds is 0. The monoisotopic (exact) mass is 105 g/mol. The second kappa shape index (κ2) is 2.03. The molecule has 0 aliphatic heterocycles. The van der Waals surface area contributed by atoms with Crippen molar-refractivity contribution in [2.75, 3.05) is 0 Å². The Bertz CT molecular complexity index is 199. The molecule has 0 atom stereocenters. The van der Waals surface area contributed by atoms with Crippen LogP contribution in [0.2, 0.25) is 0 Å². The summed E-state index contributed by atoms with van der Waals surface area (Å²) in [6, 6.07) is 1.62. The normalized spacial score (nSPS) is 7.88. The van der Waals surface area contributed by atoms with Crippen molar-refractivity contribution >= 4 is 0 Å². The first-order valence-electron chi connectivity index (χ1n) is 2.04. The van der Waals surface area contributed by atoms with Gasteiger partial charge in [-0.1, -0.05) is 0 Å². The Kier molecular flexibility index (Phi) is 1.20. The minimum atomic E-state index is 0.514. The van der Waals surface area contributed by atoms with Crippen molar-refractivity contribution in [1.29, 1.82) is 0 Å². The Hall–Kier alpha value is -1.43.